The third kappa shape index (κ3) is 3.78. The largest absolute Gasteiger partial charge is 0.329 e. The van der Waals surface area contributed by atoms with Crippen LogP contribution in [0.15, 0.2) is 24.3 Å². The van der Waals surface area contributed by atoms with Crippen molar-refractivity contribution in [3.8, 4) is 0 Å². The summed E-state index contributed by atoms with van der Waals surface area (Å²) in [5, 5.41) is 2.70. The molecule has 1 aromatic rings. The van der Waals surface area contributed by atoms with Crippen LogP contribution < -0.4 is 10.2 Å². The molecule has 1 aromatic carbocycles. The molecule has 2 rings (SSSR count). The SMILES string of the molecule is CCC[C@@H]1NC(=O)N(C[NH+](C)Cc2cccc(F)c2)C1=O. The van der Waals surface area contributed by atoms with Gasteiger partial charge in [0.15, 0.2) is 6.67 Å². The van der Waals surface area contributed by atoms with Crippen LogP contribution >= 0.6 is 0 Å². The van der Waals surface area contributed by atoms with Gasteiger partial charge in [-0.2, -0.15) is 0 Å². The average molecular weight is 294 g/mol. The maximum atomic E-state index is 13.1. The van der Waals surface area contributed by atoms with Gasteiger partial charge >= 0.3 is 6.03 Å². The zero-order valence-electron chi connectivity index (χ0n) is 12.4. The first-order valence-electron chi connectivity index (χ1n) is 7.19. The minimum atomic E-state index is -0.399. The van der Waals surface area contributed by atoms with Crippen LogP contribution in [0.5, 0.6) is 0 Å². The fourth-order valence-corrected chi connectivity index (χ4v) is 2.53. The minimum Gasteiger partial charge on any atom is -0.326 e. The van der Waals surface area contributed by atoms with Crippen molar-refractivity contribution in [1.82, 2.24) is 10.2 Å². The van der Waals surface area contributed by atoms with E-state index < -0.39 is 6.04 Å². The number of carbonyl (C=O) groups is 2. The molecule has 0 radical (unpaired) electrons. The van der Waals surface area contributed by atoms with Crippen LogP contribution in [0.3, 0.4) is 0 Å². The number of halogens is 1. The van der Waals surface area contributed by atoms with Crippen LogP contribution in [0, 0.1) is 5.82 Å². The van der Waals surface area contributed by atoms with E-state index >= 15 is 0 Å². The fourth-order valence-electron chi connectivity index (χ4n) is 2.53. The number of quaternary nitrogens is 1. The summed E-state index contributed by atoms with van der Waals surface area (Å²) < 4.78 is 13.1. The first-order valence-corrected chi connectivity index (χ1v) is 7.19. The Kier molecular flexibility index (Phi) is 4.90. The molecule has 1 aliphatic heterocycles. The minimum absolute atomic E-state index is 0.166. The van der Waals surface area contributed by atoms with Crippen LogP contribution in [0.25, 0.3) is 0 Å². The third-order valence-electron chi connectivity index (χ3n) is 3.51. The summed E-state index contributed by atoms with van der Waals surface area (Å²) in [6.07, 6.45) is 1.50. The molecule has 114 valence electrons. The lowest BCUT2D eigenvalue weighted by atomic mass is 10.2. The summed E-state index contributed by atoms with van der Waals surface area (Å²) in [4.78, 5) is 26.1. The van der Waals surface area contributed by atoms with E-state index in [0.29, 0.717) is 13.0 Å². The van der Waals surface area contributed by atoms with Gasteiger partial charge in [-0.25, -0.2) is 14.1 Å². The second-order valence-corrected chi connectivity index (χ2v) is 5.48. The Bertz CT molecular complexity index is 535. The van der Waals surface area contributed by atoms with Crippen molar-refractivity contribution in [3.05, 3.63) is 35.6 Å². The Morgan fingerprint density at radius 2 is 2.14 bits per heavy atom. The van der Waals surface area contributed by atoms with E-state index in [1.807, 2.05) is 20.0 Å². The van der Waals surface area contributed by atoms with Gasteiger partial charge in [0.05, 0.1) is 7.05 Å². The molecule has 1 fully saturated rings. The Morgan fingerprint density at radius 1 is 1.38 bits per heavy atom. The summed E-state index contributed by atoms with van der Waals surface area (Å²) in [5.41, 5.74) is 0.838. The summed E-state index contributed by atoms with van der Waals surface area (Å²) in [6, 6.07) is 5.61. The second kappa shape index (κ2) is 6.67. The molecule has 2 N–H and O–H groups in total. The van der Waals surface area contributed by atoms with Crippen molar-refractivity contribution < 1.29 is 18.9 Å². The molecule has 6 heteroatoms. The number of benzene rings is 1. The first kappa shape index (κ1) is 15.4. The molecule has 0 saturated carbocycles. The van der Waals surface area contributed by atoms with Gasteiger partial charge in [0.2, 0.25) is 0 Å². The average Bonchev–Trinajstić information content (AvgIpc) is 2.67. The van der Waals surface area contributed by atoms with E-state index in [0.717, 1.165) is 16.9 Å². The normalized spacial score (nSPS) is 19.8. The number of imide groups is 1. The summed E-state index contributed by atoms with van der Waals surface area (Å²) in [5.74, 6) is -0.446. The molecule has 1 heterocycles. The standard InChI is InChI=1S/C15H20FN3O2/c1-3-5-13-14(20)19(15(21)17-13)10-18(2)9-11-6-4-7-12(16)8-11/h4,6-8,13H,3,5,9-10H2,1-2H3,(H,17,21)/p+1/t13-/m0/s1. The van der Waals surface area contributed by atoms with Crippen molar-refractivity contribution >= 4 is 11.9 Å². The van der Waals surface area contributed by atoms with Crippen LogP contribution in [0.2, 0.25) is 0 Å². The molecule has 0 aromatic heterocycles. The number of nitrogens with one attached hydrogen (secondary N) is 2. The molecule has 21 heavy (non-hydrogen) atoms. The molecule has 3 amide bonds. The van der Waals surface area contributed by atoms with Gasteiger partial charge in [-0.3, -0.25) is 4.79 Å². The maximum absolute atomic E-state index is 13.1. The lowest BCUT2D eigenvalue weighted by molar-refractivity contribution is -0.901. The first-order chi connectivity index (χ1) is 10.0. The maximum Gasteiger partial charge on any atom is 0.329 e. The van der Waals surface area contributed by atoms with E-state index in [2.05, 4.69) is 5.32 Å². The van der Waals surface area contributed by atoms with Gasteiger partial charge in [0, 0.05) is 5.56 Å². The number of hydrogen-bond donors (Lipinski definition) is 2. The number of nitrogens with zero attached hydrogens (tertiary/aromatic N) is 1. The molecule has 0 spiro atoms. The number of carbonyl (C=O) groups excluding carboxylic acids is 2. The van der Waals surface area contributed by atoms with Crippen molar-refractivity contribution in [2.45, 2.75) is 32.4 Å². The topological polar surface area (TPSA) is 53.9 Å². The Balaban J connectivity index is 1.94. The molecule has 1 unspecified atom stereocenters. The molecule has 0 bridgehead atoms. The zero-order valence-corrected chi connectivity index (χ0v) is 12.4. The summed E-state index contributed by atoms with van der Waals surface area (Å²) in [6.45, 7) is 2.80. The van der Waals surface area contributed by atoms with E-state index in [-0.39, 0.29) is 24.4 Å². The molecule has 5 nitrogen and oxygen atoms in total. The third-order valence-corrected chi connectivity index (χ3v) is 3.51. The number of amides is 3. The molecule has 0 aliphatic carbocycles. The van der Waals surface area contributed by atoms with Crippen molar-refractivity contribution in [3.63, 3.8) is 0 Å². The number of rotatable bonds is 6. The van der Waals surface area contributed by atoms with Crippen LogP contribution in [-0.2, 0) is 11.3 Å². The number of urea groups is 1. The molecular weight excluding hydrogens is 273 g/mol. The molecule has 1 saturated heterocycles. The predicted octanol–water partition coefficient (Wildman–Crippen LogP) is 0.518. The Morgan fingerprint density at radius 3 is 2.81 bits per heavy atom. The van der Waals surface area contributed by atoms with E-state index in [4.69, 9.17) is 0 Å². The molecular formula is C15H21FN3O2+. The lowest BCUT2D eigenvalue weighted by Gasteiger charge is -2.19. The van der Waals surface area contributed by atoms with Crippen molar-refractivity contribution in [2.75, 3.05) is 13.7 Å². The van der Waals surface area contributed by atoms with Crippen LogP contribution in [-0.4, -0.2) is 36.6 Å². The summed E-state index contributed by atoms with van der Waals surface area (Å²) >= 11 is 0. The monoisotopic (exact) mass is 294 g/mol. The van der Waals surface area contributed by atoms with E-state index in [1.54, 1.807) is 6.07 Å². The number of hydrogen-bond acceptors (Lipinski definition) is 2. The zero-order chi connectivity index (χ0) is 15.4. The highest BCUT2D eigenvalue weighted by Crippen LogP contribution is 2.09. The molecule has 1 aliphatic rings. The van der Waals surface area contributed by atoms with Crippen LogP contribution in [0.1, 0.15) is 25.3 Å². The highest BCUT2D eigenvalue weighted by Gasteiger charge is 2.38. The second-order valence-electron chi connectivity index (χ2n) is 5.48. The van der Waals surface area contributed by atoms with Gasteiger partial charge in [-0.05, 0) is 18.6 Å². The van der Waals surface area contributed by atoms with Crippen LogP contribution in [0.4, 0.5) is 9.18 Å². The van der Waals surface area contributed by atoms with E-state index in [9.17, 15) is 14.0 Å². The summed E-state index contributed by atoms with van der Waals surface area (Å²) in [7, 11) is 1.87. The van der Waals surface area contributed by atoms with Crippen molar-refractivity contribution in [1.29, 1.82) is 0 Å². The predicted molar refractivity (Wildman–Crippen MR) is 75.9 cm³/mol. The Labute approximate surface area is 123 Å². The van der Waals surface area contributed by atoms with Gasteiger partial charge in [-0.15, -0.1) is 0 Å². The highest BCUT2D eigenvalue weighted by molar-refractivity contribution is 6.03. The highest BCUT2D eigenvalue weighted by atomic mass is 19.1. The quantitative estimate of drug-likeness (QED) is 0.752. The van der Waals surface area contributed by atoms with Crippen molar-refractivity contribution in [2.24, 2.45) is 0 Å². The van der Waals surface area contributed by atoms with Gasteiger partial charge < -0.3 is 10.2 Å². The smallest absolute Gasteiger partial charge is 0.326 e. The van der Waals surface area contributed by atoms with Gasteiger partial charge in [-0.1, -0.05) is 25.5 Å². The fraction of sp³-hybridized carbons (Fsp3) is 0.467. The molecule has 2 atom stereocenters. The van der Waals surface area contributed by atoms with E-state index in [1.165, 1.54) is 17.0 Å². The van der Waals surface area contributed by atoms with Gasteiger partial charge in [0.25, 0.3) is 5.91 Å². The van der Waals surface area contributed by atoms with Gasteiger partial charge in [0.1, 0.15) is 18.4 Å². The lowest BCUT2D eigenvalue weighted by Crippen LogP contribution is -3.09. The Hall–Kier alpha value is -1.95.